The molecule has 2 rings (SSSR count). The minimum atomic E-state index is 0.528. The zero-order chi connectivity index (χ0) is 10.5. The molecule has 80 valence electrons. The van der Waals surface area contributed by atoms with E-state index in [4.69, 9.17) is 5.73 Å². The lowest BCUT2D eigenvalue weighted by Gasteiger charge is -2.02. The van der Waals surface area contributed by atoms with E-state index in [2.05, 4.69) is 20.6 Å². The summed E-state index contributed by atoms with van der Waals surface area (Å²) in [6.07, 6.45) is 3.63. The number of hydrogen-bond acceptors (Lipinski definition) is 6. The Labute approximate surface area is 90.6 Å². The van der Waals surface area contributed by atoms with Crippen LogP contribution in [0.25, 0.3) is 0 Å². The van der Waals surface area contributed by atoms with E-state index in [-0.39, 0.29) is 0 Å². The van der Waals surface area contributed by atoms with E-state index in [1.54, 1.807) is 10.9 Å². The molecule has 0 aliphatic heterocycles. The predicted octanol–water partition coefficient (Wildman–Crippen LogP) is -0.422. The Balaban J connectivity index is 1.95. The first-order valence-corrected chi connectivity index (χ1v) is 5.45. The third-order valence-electron chi connectivity index (χ3n) is 1.73. The summed E-state index contributed by atoms with van der Waals surface area (Å²) in [6, 6.07) is 1.88. The van der Waals surface area contributed by atoms with Crippen molar-refractivity contribution >= 4 is 11.8 Å². The summed E-state index contributed by atoms with van der Waals surface area (Å²) < 4.78 is 3.50. The second-order valence-electron chi connectivity index (χ2n) is 2.79. The van der Waals surface area contributed by atoms with Crippen LogP contribution in [0.4, 0.5) is 0 Å². The van der Waals surface area contributed by atoms with Crippen LogP contribution in [0.3, 0.4) is 0 Å². The number of nitrogens with zero attached hydrogens (tertiary/aromatic N) is 6. The van der Waals surface area contributed by atoms with Crippen LogP contribution in [-0.4, -0.2) is 36.5 Å². The number of hydrogen-bond donors (Lipinski definition) is 1. The summed E-state index contributed by atoms with van der Waals surface area (Å²) in [5.74, 6) is 0.692. The monoisotopic (exact) mass is 225 g/mol. The van der Waals surface area contributed by atoms with Gasteiger partial charge in [-0.25, -0.2) is 4.68 Å². The van der Waals surface area contributed by atoms with Gasteiger partial charge >= 0.3 is 0 Å². The first kappa shape index (κ1) is 10.1. The van der Waals surface area contributed by atoms with Crippen molar-refractivity contribution in [3.63, 3.8) is 0 Å². The molecular formula is C7H11N7S. The van der Waals surface area contributed by atoms with Crippen LogP contribution < -0.4 is 5.73 Å². The zero-order valence-corrected chi connectivity index (χ0v) is 8.84. The maximum Gasteiger partial charge on any atom is 0.211 e. The van der Waals surface area contributed by atoms with Crippen LogP contribution in [0.15, 0.2) is 23.6 Å². The van der Waals surface area contributed by atoms with Gasteiger partial charge in [0, 0.05) is 18.9 Å². The Morgan fingerprint density at radius 3 is 3.13 bits per heavy atom. The van der Waals surface area contributed by atoms with Crippen molar-refractivity contribution in [2.45, 2.75) is 17.6 Å². The molecule has 0 unspecified atom stereocenters. The average Bonchev–Trinajstić information content (AvgIpc) is 2.85. The van der Waals surface area contributed by atoms with Crippen molar-refractivity contribution in [3.8, 4) is 0 Å². The largest absolute Gasteiger partial charge is 0.329 e. The standard InChI is InChI=1S/C7H11N7S/c8-2-5-14-7(10-11-12-14)15-6-13-4-1-3-9-13/h1,3-4H,2,5-6,8H2. The molecule has 0 spiro atoms. The Kier molecular flexibility index (Phi) is 3.30. The first-order chi connectivity index (χ1) is 7.40. The van der Waals surface area contributed by atoms with E-state index < -0.39 is 0 Å². The number of thioether (sulfide) groups is 1. The molecule has 15 heavy (non-hydrogen) atoms. The van der Waals surface area contributed by atoms with Gasteiger partial charge in [-0.15, -0.1) is 5.10 Å². The second-order valence-corrected chi connectivity index (χ2v) is 3.70. The highest BCUT2D eigenvalue weighted by Crippen LogP contribution is 2.14. The van der Waals surface area contributed by atoms with Gasteiger partial charge in [-0.2, -0.15) is 5.10 Å². The van der Waals surface area contributed by atoms with Gasteiger partial charge in [-0.3, -0.25) is 4.68 Å². The van der Waals surface area contributed by atoms with Crippen LogP contribution in [0.1, 0.15) is 0 Å². The van der Waals surface area contributed by atoms with Crippen molar-refractivity contribution in [3.05, 3.63) is 18.5 Å². The van der Waals surface area contributed by atoms with E-state index in [9.17, 15) is 0 Å². The van der Waals surface area contributed by atoms with Gasteiger partial charge in [-0.1, -0.05) is 11.8 Å². The Hall–Kier alpha value is -1.41. The summed E-state index contributed by atoms with van der Waals surface area (Å²) >= 11 is 1.52. The summed E-state index contributed by atoms with van der Waals surface area (Å²) in [5.41, 5.74) is 5.44. The normalized spacial score (nSPS) is 10.7. The van der Waals surface area contributed by atoms with E-state index in [1.165, 1.54) is 11.8 Å². The van der Waals surface area contributed by atoms with Crippen molar-refractivity contribution in [1.82, 2.24) is 30.0 Å². The fraction of sp³-hybridized carbons (Fsp3) is 0.429. The van der Waals surface area contributed by atoms with Gasteiger partial charge in [-0.05, 0) is 16.5 Å². The molecule has 2 aromatic rings. The van der Waals surface area contributed by atoms with Crippen LogP contribution in [0.5, 0.6) is 0 Å². The van der Waals surface area contributed by atoms with E-state index in [0.717, 1.165) is 5.16 Å². The predicted molar refractivity (Wildman–Crippen MR) is 55.0 cm³/mol. The van der Waals surface area contributed by atoms with Gasteiger partial charge in [0.1, 0.15) is 0 Å². The Bertz CT molecular complexity index is 395. The molecule has 2 N–H and O–H groups in total. The summed E-state index contributed by atoms with van der Waals surface area (Å²) in [6.45, 7) is 1.16. The Morgan fingerprint density at radius 1 is 1.47 bits per heavy atom. The fourth-order valence-corrected chi connectivity index (χ4v) is 1.83. The van der Waals surface area contributed by atoms with Gasteiger partial charge in [0.2, 0.25) is 5.16 Å². The molecule has 0 aliphatic carbocycles. The van der Waals surface area contributed by atoms with Gasteiger partial charge in [0.15, 0.2) is 0 Å². The minimum Gasteiger partial charge on any atom is -0.329 e. The number of rotatable bonds is 5. The molecule has 0 atom stereocenters. The fourth-order valence-electron chi connectivity index (χ4n) is 1.06. The molecule has 0 fully saturated rings. The lowest BCUT2D eigenvalue weighted by molar-refractivity contribution is 0.556. The molecule has 0 bridgehead atoms. The van der Waals surface area contributed by atoms with Crippen LogP contribution in [-0.2, 0) is 12.4 Å². The van der Waals surface area contributed by atoms with Gasteiger partial charge in [0.05, 0.1) is 12.4 Å². The first-order valence-electron chi connectivity index (χ1n) is 4.46. The molecule has 0 amide bonds. The Morgan fingerprint density at radius 2 is 2.40 bits per heavy atom. The van der Waals surface area contributed by atoms with Gasteiger partial charge < -0.3 is 5.73 Å². The summed E-state index contributed by atoms with van der Waals surface area (Å²) in [7, 11) is 0. The molecule has 0 aliphatic rings. The topological polar surface area (TPSA) is 87.4 Å². The van der Waals surface area contributed by atoms with E-state index >= 15 is 0 Å². The number of tetrazole rings is 1. The maximum atomic E-state index is 5.44. The number of nitrogens with two attached hydrogens (primary N) is 1. The smallest absolute Gasteiger partial charge is 0.211 e. The summed E-state index contributed by atoms with van der Waals surface area (Å²) in [5, 5.41) is 16.2. The minimum absolute atomic E-state index is 0.528. The molecular weight excluding hydrogens is 214 g/mol. The second kappa shape index (κ2) is 4.89. The molecule has 2 aromatic heterocycles. The molecule has 0 aromatic carbocycles. The molecule has 2 heterocycles. The van der Waals surface area contributed by atoms with Crippen molar-refractivity contribution in [2.24, 2.45) is 5.73 Å². The van der Waals surface area contributed by atoms with Gasteiger partial charge in [0.25, 0.3) is 0 Å². The summed E-state index contributed by atoms with van der Waals surface area (Å²) in [4.78, 5) is 0. The zero-order valence-electron chi connectivity index (χ0n) is 8.02. The van der Waals surface area contributed by atoms with E-state index in [0.29, 0.717) is 19.0 Å². The SMILES string of the molecule is NCCn1nnnc1SCn1cccn1. The lowest BCUT2D eigenvalue weighted by Crippen LogP contribution is -2.12. The van der Waals surface area contributed by atoms with Crippen LogP contribution >= 0.6 is 11.8 Å². The van der Waals surface area contributed by atoms with Crippen LogP contribution in [0, 0.1) is 0 Å². The van der Waals surface area contributed by atoms with Crippen molar-refractivity contribution in [1.29, 1.82) is 0 Å². The molecule has 8 heteroatoms. The number of aromatic nitrogens is 6. The molecule has 0 radical (unpaired) electrons. The molecule has 7 nitrogen and oxygen atoms in total. The van der Waals surface area contributed by atoms with Crippen molar-refractivity contribution in [2.75, 3.05) is 6.54 Å². The molecule has 0 saturated carbocycles. The van der Waals surface area contributed by atoms with Crippen LogP contribution in [0.2, 0.25) is 0 Å². The highest BCUT2D eigenvalue weighted by Gasteiger charge is 2.05. The third-order valence-corrected chi connectivity index (χ3v) is 2.67. The van der Waals surface area contributed by atoms with E-state index in [1.807, 2.05) is 16.9 Å². The van der Waals surface area contributed by atoms with Crippen molar-refractivity contribution < 1.29 is 0 Å². The average molecular weight is 225 g/mol. The quantitative estimate of drug-likeness (QED) is 0.695. The molecule has 0 saturated heterocycles. The lowest BCUT2D eigenvalue weighted by atomic mass is 10.7. The maximum absolute atomic E-state index is 5.44. The highest BCUT2D eigenvalue weighted by molar-refractivity contribution is 7.98. The highest BCUT2D eigenvalue weighted by atomic mass is 32.2. The third kappa shape index (κ3) is 2.54.